The number of esters is 2. The van der Waals surface area contributed by atoms with Gasteiger partial charge in [0.2, 0.25) is 0 Å². The van der Waals surface area contributed by atoms with E-state index < -0.39 is 11.6 Å². The van der Waals surface area contributed by atoms with Gasteiger partial charge in [-0.25, -0.2) is 0 Å². The van der Waals surface area contributed by atoms with E-state index in [1.54, 1.807) is 20.8 Å². The van der Waals surface area contributed by atoms with Crippen molar-refractivity contribution in [1.82, 2.24) is 4.98 Å². The molecular weight excluding hydrogens is 302 g/mol. The Morgan fingerprint density at radius 2 is 2.00 bits per heavy atom. The predicted molar refractivity (Wildman–Crippen MR) is 81.9 cm³/mol. The zero-order valence-corrected chi connectivity index (χ0v) is 13.9. The average Bonchev–Trinajstić information content (AvgIpc) is 2.41. The van der Waals surface area contributed by atoms with Crippen LogP contribution in [0, 0.1) is 0 Å². The molecule has 0 atom stereocenters. The van der Waals surface area contributed by atoms with Gasteiger partial charge in [0.25, 0.3) is 0 Å². The first-order valence-corrected chi connectivity index (χ1v) is 7.33. The van der Waals surface area contributed by atoms with Gasteiger partial charge in [-0.2, -0.15) is 0 Å². The summed E-state index contributed by atoms with van der Waals surface area (Å²) >= 11 is 0. The maximum absolute atomic E-state index is 11.6. The topological polar surface area (TPSA) is 95.0 Å². The van der Waals surface area contributed by atoms with Crippen LogP contribution in [-0.4, -0.2) is 34.2 Å². The van der Waals surface area contributed by atoms with Crippen molar-refractivity contribution in [3.63, 3.8) is 0 Å². The van der Waals surface area contributed by atoms with E-state index in [0.717, 1.165) is 0 Å². The summed E-state index contributed by atoms with van der Waals surface area (Å²) in [4.78, 5) is 26.2. The number of ether oxygens (including phenoxy) is 3. The third-order valence-electron chi connectivity index (χ3n) is 2.53. The van der Waals surface area contributed by atoms with Gasteiger partial charge >= 0.3 is 11.9 Å². The van der Waals surface area contributed by atoms with Crippen molar-refractivity contribution in [3.8, 4) is 11.5 Å². The van der Waals surface area contributed by atoms with Crippen molar-refractivity contribution in [2.24, 2.45) is 0 Å². The molecule has 23 heavy (non-hydrogen) atoms. The van der Waals surface area contributed by atoms with Gasteiger partial charge in [0.05, 0.1) is 18.5 Å². The molecule has 1 heterocycles. The summed E-state index contributed by atoms with van der Waals surface area (Å²) in [6.45, 7) is 6.96. The quantitative estimate of drug-likeness (QED) is 0.607. The van der Waals surface area contributed by atoms with Crippen LogP contribution in [0.1, 0.15) is 46.2 Å². The minimum absolute atomic E-state index is 0.00385. The van der Waals surface area contributed by atoms with Gasteiger partial charge in [-0.15, -0.1) is 0 Å². The molecule has 0 fully saturated rings. The maximum atomic E-state index is 11.6. The second-order valence-corrected chi connectivity index (χ2v) is 5.96. The molecule has 7 heteroatoms. The van der Waals surface area contributed by atoms with Crippen LogP contribution in [0.2, 0.25) is 0 Å². The maximum Gasteiger partial charge on any atom is 0.306 e. The Bertz CT molecular complexity index is 550. The van der Waals surface area contributed by atoms with Gasteiger partial charge < -0.3 is 19.3 Å². The molecule has 7 nitrogen and oxygen atoms in total. The molecule has 0 unspecified atom stereocenters. The van der Waals surface area contributed by atoms with Crippen molar-refractivity contribution in [2.45, 2.75) is 52.7 Å². The number of aromatic nitrogens is 1. The number of rotatable bonds is 7. The number of hydrogen-bond donors (Lipinski definition) is 1. The van der Waals surface area contributed by atoms with Crippen LogP contribution in [0.3, 0.4) is 0 Å². The first-order valence-electron chi connectivity index (χ1n) is 7.33. The van der Waals surface area contributed by atoms with Crippen molar-refractivity contribution < 1.29 is 28.9 Å². The van der Waals surface area contributed by atoms with Crippen LogP contribution in [0.25, 0.3) is 0 Å². The lowest BCUT2D eigenvalue weighted by Gasteiger charge is -2.19. The Morgan fingerprint density at radius 3 is 2.61 bits per heavy atom. The number of pyridine rings is 1. The molecule has 1 aromatic rings. The smallest absolute Gasteiger partial charge is 0.306 e. The summed E-state index contributed by atoms with van der Waals surface area (Å²) in [5.74, 6) is -0.601. The molecule has 0 spiro atoms. The lowest BCUT2D eigenvalue weighted by Crippen LogP contribution is -2.23. The molecule has 1 N–H and O–H groups in total. The molecule has 1 rings (SSSR count). The van der Waals surface area contributed by atoms with Crippen molar-refractivity contribution in [1.29, 1.82) is 0 Å². The van der Waals surface area contributed by atoms with Crippen molar-refractivity contribution >= 4 is 11.9 Å². The lowest BCUT2D eigenvalue weighted by atomic mass is 10.2. The van der Waals surface area contributed by atoms with E-state index in [1.165, 1.54) is 19.2 Å². The highest BCUT2D eigenvalue weighted by atomic mass is 16.6. The third kappa shape index (κ3) is 8.04. The van der Waals surface area contributed by atoms with E-state index in [-0.39, 0.29) is 37.1 Å². The van der Waals surface area contributed by atoms with E-state index in [2.05, 4.69) is 4.98 Å². The first kappa shape index (κ1) is 18.7. The minimum atomic E-state index is -0.507. The summed E-state index contributed by atoms with van der Waals surface area (Å²) in [6, 6.07) is 1.49. The van der Waals surface area contributed by atoms with Gasteiger partial charge in [-0.3, -0.25) is 14.6 Å². The van der Waals surface area contributed by atoms with Crippen LogP contribution in [-0.2, 0) is 25.7 Å². The molecule has 0 saturated carbocycles. The Balaban J connectivity index is 2.43. The van der Waals surface area contributed by atoms with E-state index in [4.69, 9.17) is 14.2 Å². The fourth-order valence-electron chi connectivity index (χ4n) is 1.63. The van der Waals surface area contributed by atoms with Crippen LogP contribution in [0.4, 0.5) is 0 Å². The summed E-state index contributed by atoms with van der Waals surface area (Å²) in [6.07, 6.45) is 1.90. The zero-order chi connectivity index (χ0) is 17.5. The Morgan fingerprint density at radius 1 is 1.30 bits per heavy atom. The van der Waals surface area contributed by atoms with Gasteiger partial charge in [-0.05, 0) is 27.2 Å². The first-order chi connectivity index (χ1) is 10.7. The number of carbonyl (C=O) groups is 2. The molecule has 0 aromatic carbocycles. The molecular formula is C16H23NO6. The SMILES string of the molecule is CC(=O)OCc1cc(OCCCC(=O)OC(C)(C)C)c(O)cn1. The Hall–Kier alpha value is -2.31. The average molecular weight is 325 g/mol. The highest BCUT2D eigenvalue weighted by Gasteiger charge is 2.15. The number of carbonyl (C=O) groups excluding carboxylic acids is 2. The summed E-state index contributed by atoms with van der Waals surface area (Å²) < 4.78 is 15.4. The molecule has 0 aliphatic carbocycles. The molecule has 0 saturated heterocycles. The second kappa shape index (κ2) is 8.36. The Kier molecular flexibility index (Phi) is 6.81. The van der Waals surface area contributed by atoms with Crippen molar-refractivity contribution in [3.05, 3.63) is 18.0 Å². The van der Waals surface area contributed by atoms with Crippen LogP contribution in [0.5, 0.6) is 11.5 Å². The zero-order valence-electron chi connectivity index (χ0n) is 13.9. The third-order valence-corrected chi connectivity index (χ3v) is 2.53. The number of nitrogens with zero attached hydrogens (tertiary/aromatic N) is 1. The van der Waals surface area contributed by atoms with Gasteiger partial charge in [0, 0.05) is 19.4 Å². The van der Waals surface area contributed by atoms with Gasteiger partial charge in [0.1, 0.15) is 12.2 Å². The summed E-state index contributed by atoms with van der Waals surface area (Å²) in [5.41, 5.74) is -0.0486. The standard InChI is InChI=1S/C16H23NO6/c1-11(18)22-10-12-8-14(13(19)9-17-12)21-7-5-6-15(20)23-16(2,3)4/h8-9,19H,5-7,10H2,1-4H3. The van der Waals surface area contributed by atoms with E-state index in [1.807, 2.05) is 0 Å². The predicted octanol–water partition coefficient (Wildman–Crippen LogP) is 2.35. The van der Waals surface area contributed by atoms with Crippen molar-refractivity contribution in [2.75, 3.05) is 6.61 Å². The highest BCUT2D eigenvalue weighted by molar-refractivity contribution is 5.69. The minimum Gasteiger partial charge on any atom is -0.503 e. The van der Waals surface area contributed by atoms with Crippen LogP contribution < -0.4 is 4.74 Å². The summed E-state index contributed by atoms with van der Waals surface area (Å²) in [5, 5.41) is 9.69. The lowest BCUT2D eigenvalue weighted by molar-refractivity contribution is -0.155. The largest absolute Gasteiger partial charge is 0.503 e. The van der Waals surface area contributed by atoms with Gasteiger partial charge in [-0.1, -0.05) is 0 Å². The number of aromatic hydroxyl groups is 1. The molecule has 0 aliphatic rings. The fourth-order valence-corrected chi connectivity index (χ4v) is 1.63. The fraction of sp³-hybridized carbons (Fsp3) is 0.562. The summed E-state index contributed by atoms with van der Waals surface area (Å²) in [7, 11) is 0. The molecule has 0 bridgehead atoms. The Labute approximate surface area is 135 Å². The monoisotopic (exact) mass is 325 g/mol. The van der Waals surface area contributed by atoms with E-state index in [9.17, 15) is 14.7 Å². The molecule has 1 aromatic heterocycles. The van der Waals surface area contributed by atoms with Gasteiger partial charge in [0.15, 0.2) is 11.5 Å². The number of hydrogen-bond acceptors (Lipinski definition) is 7. The van der Waals surface area contributed by atoms with E-state index >= 15 is 0 Å². The van der Waals surface area contributed by atoms with Crippen LogP contribution in [0.15, 0.2) is 12.3 Å². The molecule has 0 amide bonds. The molecule has 128 valence electrons. The highest BCUT2D eigenvalue weighted by Crippen LogP contribution is 2.25. The second-order valence-electron chi connectivity index (χ2n) is 5.96. The molecule has 0 aliphatic heterocycles. The normalized spacial score (nSPS) is 11.0. The van der Waals surface area contributed by atoms with E-state index in [0.29, 0.717) is 12.1 Å². The molecule has 0 radical (unpaired) electrons. The van der Waals surface area contributed by atoms with Crippen LogP contribution >= 0.6 is 0 Å².